The molecule has 0 fully saturated rings. The Balaban J connectivity index is 2.34. The van der Waals surface area contributed by atoms with Gasteiger partial charge in [0.05, 0.1) is 0 Å². The molecular weight excluding hydrogens is 335 g/mol. The van der Waals surface area contributed by atoms with Gasteiger partial charge in [-0.25, -0.2) is 9.87 Å². The van der Waals surface area contributed by atoms with Gasteiger partial charge >= 0.3 is 0 Å². The summed E-state index contributed by atoms with van der Waals surface area (Å²) in [6.45, 7) is 0. The Bertz CT molecular complexity index is 838. The van der Waals surface area contributed by atoms with Crippen molar-refractivity contribution in [2.75, 3.05) is 14.1 Å². The van der Waals surface area contributed by atoms with Crippen molar-refractivity contribution >= 4 is 29.5 Å². The normalized spacial score (nSPS) is 11.5. The van der Waals surface area contributed by atoms with Crippen LogP contribution in [0.25, 0.3) is 17.7 Å². The number of hydroxylamine groups is 1. The first-order chi connectivity index (χ1) is 12.4. The largest absolute Gasteiger partial charge is 0.345 e. The maximum atomic E-state index is 13.2. The predicted octanol–water partition coefficient (Wildman–Crippen LogP) is 2.97. The molecule has 2 aromatic carbocycles. The molecule has 134 valence electrons. The zero-order valence-electron chi connectivity index (χ0n) is 14.4. The van der Waals surface area contributed by atoms with E-state index in [0.717, 1.165) is 11.1 Å². The van der Waals surface area contributed by atoms with Crippen LogP contribution >= 0.6 is 0 Å². The summed E-state index contributed by atoms with van der Waals surface area (Å²) in [4.78, 5) is 24.9. The predicted molar refractivity (Wildman–Crippen MR) is 98.4 cm³/mol. The van der Waals surface area contributed by atoms with Crippen molar-refractivity contribution in [3.05, 3.63) is 77.1 Å². The molecule has 0 aliphatic carbocycles. The number of benzene rings is 2. The van der Waals surface area contributed by atoms with Gasteiger partial charge in [-0.15, -0.1) is 0 Å². The molecule has 0 spiro atoms. The fourth-order valence-corrected chi connectivity index (χ4v) is 2.22. The van der Waals surface area contributed by atoms with Gasteiger partial charge in [-0.2, -0.15) is 0 Å². The van der Waals surface area contributed by atoms with E-state index in [0.29, 0.717) is 11.1 Å². The molecule has 0 aromatic heterocycles. The number of rotatable bonds is 5. The average Bonchev–Trinajstić information content (AvgIpc) is 2.65. The highest BCUT2D eigenvalue weighted by molar-refractivity contribution is 6.24. The summed E-state index contributed by atoms with van der Waals surface area (Å²) in [5.41, 5.74) is 4.11. The summed E-state index contributed by atoms with van der Waals surface area (Å²) in [7, 11) is 3.31. The molecule has 0 bridgehead atoms. The van der Waals surface area contributed by atoms with E-state index in [1.54, 1.807) is 62.6 Å². The Morgan fingerprint density at radius 3 is 2.12 bits per heavy atom. The van der Waals surface area contributed by atoms with Crippen molar-refractivity contribution in [1.82, 2.24) is 10.4 Å². The standard InChI is InChI=1S/C20H19FN2O3/c1-23(2)20(25)18(16-8-10-17(21)11-9-16)13-15-5-3-14(4-6-15)7-12-19(24)22-26/h3-13,26H,1-2H3,(H,22,24)/b12-7+,18-13+. The minimum absolute atomic E-state index is 0.194. The summed E-state index contributed by atoms with van der Waals surface area (Å²) >= 11 is 0. The molecule has 0 atom stereocenters. The first-order valence-electron chi connectivity index (χ1n) is 7.82. The van der Waals surface area contributed by atoms with Gasteiger partial charge in [-0.1, -0.05) is 36.4 Å². The number of nitrogens with zero attached hydrogens (tertiary/aromatic N) is 1. The molecule has 2 amide bonds. The molecule has 0 aliphatic heterocycles. The van der Waals surface area contributed by atoms with E-state index in [1.165, 1.54) is 28.6 Å². The molecule has 6 heteroatoms. The van der Waals surface area contributed by atoms with Crippen molar-refractivity contribution in [2.24, 2.45) is 0 Å². The molecule has 2 N–H and O–H groups in total. The molecule has 0 heterocycles. The van der Waals surface area contributed by atoms with E-state index in [9.17, 15) is 14.0 Å². The smallest absolute Gasteiger partial charge is 0.267 e. The SMILES string of the molecule is CN(C)C(=O)/C(=C/c1ccc(/C=C/C(=O)NO)cc1)c1ccc(F)cc1. The lowest BCUT2D eigenvalue weighted by Gasteiger charge is -2.14. The molecule has 0 unspecified atom stereocenters. The van der Waals surface area contributed by atoms with Gasteiger partial charge < -0.3 is 4.90 Å². The number of halogens is 1. The lowest BCUT2D eigenvalue weighted by molar-refractivity contribution is -0.124. The second-order valence-corrected chi connectivity index (χ2v) is 5.74. The van der Waals surface area contributed by atoms with Crippen molar-refractivity contribution in [1.29, 1.82) is 0 Å². The third-order valence-corrected chi connectivity index (χ3v) is 3.58. The van der Waals surface area contributed by atoms with Gasteiger partial charge in [0.25, 0.3) is 11.8 Å². The van der Waals surface area contributed by atoms with Crippen LogP contribution in [0.2, 0.25) is 0 Å². The van der Waals surface area contributed by atoms with Crippen LogP contribution in [0.4, 0.5) is 4.39 Å². The zero-order chi connectivity index (χ0) is 19.1. The van der Waals surface area contributed by atoms with Gasteiger partial charge in [0, 0.05) is 25.7 Å². The maximum Gasteiger partial charge on any atom is 0.267 e. The highest BCUT2D eigenvalue weighted by Crippen LogP contribution is 2.21. The molecule has 5 nitrogen and oxygen atoms in total. The Kier molecular flexibility index (Phi) is 6.41. The summed E-state index contributed by atoms with van der Waals surface area (Å²) in [6, 6.07) is 12.9. The Labute approximate surface area is 151 Å². The molecule has 2 aromatic rings. The number of amides is 2. The molecule has 0 aliphatic rings. The second-order valence-electron chi connectivity index (χ2n) is 5.74. The number of carbonyl (C=O) groups is 2. The summed E-state index contributed by atoms with van der Waals surface area (Å²) in [5, 5.41) is 8.46. The number of carbonyl (C=O) groups excluding carboxylic acids is 2. The van der Waals surface area contributed by atoms with Crippen LogP contribution in [-0.2, 0) is 9.59 Å². The number of likely N-dealkylation sites (N-methyl/N-ethyl adjacent to an activating group) is 1. The minimum atomic E-state index is -0.621. The van der Waals surface area contributed by atoms with Gasteiger partial charge in [0.2, 0.25) is 0 Å². The quantitative estimate of drug-likeness (QED) is 0.375. The fourth-order valence-electron chi connectivity index (χ4n) is 2.22. The fraction of sp³-hybridized carbons (Fsp3) is 0.100. The Morgan fingerprint density at radius 2 is 1.58 bits per heavy atom. The second kappa shape index (κ2) is 8.73. The van der Waals surface area contributed by atoms with Crippen LogP contribution in [0.1, 0.15) is 16.7 Å². The van der Waals surface area contributed by atoms with Crippen molar-refractivity contribution in [3.63, 3.8) is 0 Å². The van der Waals surface area contributed by atoms with Crippen molar-refractivity contribution in [3.8, 4) is 0 Å². The van der Waals surface area contributed by atoms with E-state index >= 15 is 0 Å². The lowest BCUT2D eigenvalue weighted by Crippen LogP contribution is -2.22. The van der Waals surface area contributed by atoms with E-state index in [4.69, 9.17) is 5.21 Å². The first kappa shape index (κ1) is 19.1. The Hall–Kier alpha value is -3.25. The number of hydrogen-bond donors (Lipinski definition) is 2. The van der Waals surface area contributed by atoms with Gasteiger partial charge in [-0.05, 0) is 41.0 Å². The van der Waals surface area contributed by atoms with Crippen LogP contribution < -0.4 is 5.48 Å². The minimum Gasteiger partial charge on any atom is -0.345 e. The van der Waals surface area contributed by atoms with E-state index in [-0.39, 0.29) is 11.7 Å². The molecule has 0 saturated heterocycles. The Morgan fingerprint density at radius 1 is 1.00 bits per heavy atom. The molecule has 2 rings (SSSR count). The van der Waals surface area contributed by atoms with E-state index < -0.39 is 5.91 Å². The van der Waals surface area contributed by atoms with E-state index in [2.05, 4.69) is 0 Å². The molecular formula is C20H19FN2O3. The van der Waals surface area contributed by atoms with Crippen LogP contribution in [0.15, 0.2) is 54.6 Å². The highest BCUT2D eigenvalue weighted by Gasteiger charge is 2.14. The average molecular weight is 354 g/mol. The number of hydrogen-bond acceptors (Lipinski definition) is 3. The molecule has 0 radical (unpaired) electrons. The van der Waals surface area contributed by atoms with Crippen LogP contribution in [-0.4, -0.2) is 36.0 Å². The first-order valence-corrected chi connectivity index (χ1v) is 7.82. The van der Waals surface area contributed by atoms with Crippen LogP contribution in [0, 0.1) is 5.82 Å². The third kappa shape index (κ3) is 5.12. The zero-order valence-corrected chi connectivity index (χ0v) is 14.4. The summed E-state index contributed by atoms with van der Waals surface area (Å²) in [6.07, 6.45) is 4.47. The molecule has 0 saturated carbocycles. The monoisotopic (exact) mass is 354 g/mol. The highest BCUT2D eigenvalue weighted by atomic mass is 19.1. The van der Waals surface area contributed by atoms with Gasteiger partial charge in [0.15, 0.2) is 0 Å². The third-order valence-electron chi connectivity index (χ3n) is 3.58. The van der Waals surface area contributed by atoms with Crippen molar-refractivity contribution in [2.45, 2.75) is 0 Å². The summed E-state index contributed by atoms with van der Waals surface area (Å²) in [5.74, 6) is -1.18. The van der Waals surface area contributed by atoms with E-state index in [1.807, 2.05) is 0 Å². The topological polar surface area (TPSA) is 69.6 Å². The lowest BCUT2D eigenvalue weighted by atomic mass is 10.0. The van der Waals surface area contributed by atoms with Crippen LogP contribution in [0.5, 0.6) is 0 Å². The molecule has 26 heavy (non-hydrogen) atoms. The van der Waals surface area contributed by atoms with Crippen molar-refractivity contribution < 1.29 is 19.2 Å². The summed E-state index contributed by atoms with van der Waals surface area (Å²) < 4.78 is 13.2. The van der Waals surface area contributed by atoms with Crippen LogP contribution in [0.3, 0.4) is 0 Å². The number of nitrogens with one attached hydrogen (secondary N) is 1. The van der Waals surface area contributed by atoms with Gasteiger partial charge in [-0.3, -0.25) is 14.8 Å². The van der Waals surface area contributed by atoms with Gasteiger partial charge in [0.1, 0.15) is 5.82 Å². The maximum absolute atomic E-state index is 13.2.